The van der Waals surface area contributed by atoms with E-state index in [1.54, 1.807) is 12.1 Å². The van der Waals surface area contributed by atoms with Gasteiger partial charge in [0.2, 0.25) is 0 Å². The van der Waals surface area contributed by atoms with Crippen molar-refractivity contribution in [3.63, 3.8) is 0 Å². The van der Waals surface area contributed by atoms with Crippen LogP contribution in [0, 0.1) is 5.41 Å². The van der Waals surface area contributed by atoms with E-state index in [2.05, 4.69) is 21.2 Å². The van der Waals surface area contributed by atoms with Crippen molar-refractivity contribution in [2.45, 2.75) is 33.2 Å². The van der Waals surface area contributed by atoms with E-state index >= 15 is 0 Å². The average molecular weight is 344 g/mol. The van der Waals surface area contributed by atoms with Gasteiger partial charge in [-0.25, -0.2) is 0 Å². The van der Waals surface area contributed by atoms with Gasteiger partial charge in [-0.05, 0) is 39.5 Å². The van der Waals surface area contributed by atoms with Crippen molar-refractivity contribution in [1.29, 1.82) is 0 Å². The number of aliphatic carboxylic acids is 1. The minimum absolute atomic E-state index is 0.0387. The molecule has 110 valence electrons. The summed E-state index contributed by atoms with van der Waals surface area (Å²) in [6.07, 6.45) is -0.155. The Morgan fingerprint density at radius 3 is 2.40 bits per heavy atom. The largest absolute Gasteiger partial charge is 0.507 e. The lowest BCUT2D eigenvalue weighted by Crippen LogP contribution is -2.45. The Kier molecular flexibility index (Phi) is 5.16. The van der Waals surface area contributed by atoms with Gasteiger partial charge >= 0.3 is 5.97 Å². The van der Waals surface area contributed by atoms with E-state index in [9.17, 15) is 14.7 Å². The van der Waals surface area contributed by atoms with Crippen molar-refractivity contribution in [2.24, 2.45) is 5.41 Å². The number of carbonyl (C=O) groups is 2. The van der Waals surface area contributed by atoms with Crippen LogP contribution in [0.15, 0.2) is 22.7 Å². The van der Waals surface area contributed by atoms with Crippen molar-refractivity contribution in [2.75, 3.05) is 0 Å². The molecule has 1 amide bonds. The zero-order chi connectivity index (χ0) is 15.5. The highest BCUT2D eigenvalue weighted by Gasteiger charge is 2.28. The molecule has 0 saturated carbocycles. The Labute approximate surface area is 126 Å². The van der Waals surface area contributed by atoms with E-state index in [-0.39, 0.29) is 23.1 Å². The number of aromatic hydroxyl groups is 1. The molecule has 1 aromatic carbocycles. The number of hydrogen-bond donors (Lipinski definition) is 3. The molecular weight excluding hydrogens is 326 g/mol. The molecule has 1 aromatic rings. The maximum Gasteiger partial charge on any atom is 0.305 e. The fourth-order valence-electron chi connectivity index (χ4n) is 1.64. The highest BCUT2D eigenvalue weighted by Crippen LogP contribution is 2.25. The summed E-state index contributed by atoms with van der Waals surface area (Å²) in [6.45, 7) is 5.58. The summed E-state index contributed by atoms with van der Waals surface area (Å²) in [7, 11) is 0. The molecule has 0 saturated heterocycles. The molecule has 3 N–H and O–H groups in total. The fourth-order valence-corrected chi connectivity index (χ4v) is 1.89. The van der Waals surface area contributed by atoms with E-state index in [1.807, 2.05) is 20.8 Å². The van der Waals surface area contributed by atoms with Gasteiger partial charge in [0.25, 0.3) is 5.91 Å². The molecule has 0 bridgehead atoms. The molecule has 6 heteroatoms. The second-order valence-corrected chi connectivity index (χ2v) is 6.51. The maximum absolute atomic E-state index is 12.1. The van der Waals surface area contributed by atoms with Crippen molar-refractivity contribution < 1.29 is 19.8 Å². The first-order valence-corrected chi connectivity index (χ1v) is 6.91. The summed E-state index contributed by atoms with van der Waals surface area (Å²) >= 11 is 3.13. The topological polar surface area (TPSA) is 86.6 Å². The lowest BCUT2D eigenvalue weighted by molar-refractivity contribution is -0.138. The van der Waals surface area contributed by atoms with Crippen LogP contribution in [0.1, 0.15) is 37.6 Å². The average Bonchev–Trinajstić information content (AvgIpc) is 2.30. The van der Waals surface area contributed by atoms with Crippen molar-refractivity contribution >= 4 is 27.8 Å². The van der Waals surface area contributed by atoms with E-state index in [0.29, 0.717) is 4.47 Å². The number of nitrogens with one attached hydrogen (secondary N) is 1. The number of carboxylic acid groups (broad SMARTS) is 1. The van der Waals surface area contributed by atoms with Crippen LogP contribution >= 0.6 is 15.9 Å². The van der Waals surface area contributed by atoms with Crippen LogP contribution < -0.4 is 5.32 Å². The molecule has 0 heterocycles. The van der Waals surface area contributed by atoms with E-state index in [4.69, 9.17) is 5.11 Å². The predicted octanol–water partition coefficient (Wildman–Crippen LogP) is 2.77. The number of rotatable bonds is 4. The summed E-state index contributed by atoms with van der Waals surface area (Å²) < 4.78 is 0.493. The Morgan fingerprint density at radius 2 is 1.95 bits per heavy atom. The molecule has 1 unspecified atom stereocenters. The number of phenolic OH excluding ortho intramolecular Hbond substituents is 1. The SMILES string of the molecule is CC(C)(C)C(CC(=O)O)NC(=O)c1ccc(Br)c(O)c1. The second-order valence-electron chi connectivity index (χ2n) is 5.66. The molecule has 0 spiro atoms. The number of phenols is 1. The van der Waals surface area contributed by atoms with Crippen LogP contribution in [-0.2, 0) is 4.79 Å². The number of halogens is 1. The van der Waals surface area contributed by atoms with Crippen LogP contribution in [0.2, 0.25) is 0 Å². The third kappa shape index (κ3) is 4.52. The number of carboxylic acids is 1. The number of benzene rings is 1. The second kappa shape index (κ2) is 6.26. The molecule has 0 aliphatic heterocycles. The van der Waals surface area contributed by atoms with Gasteiger partial charge in [-0.15, -0.1) is 0 Å². The first kappa shape index (κ1) is 16.5. The van der Waals surface area contributed by atoms with Crippen LogP contribution in [0.3, 0.4) is 0 Å². The zero-order valence-electron chi connectivity index (χ0n) is 11.6. The highest BCUT2D eigenvalue weighted by atomic mass is 79.9. The van der Waals surface area contributed by atoms with Gasteiger partial charge in [0, 0.05) is 11.6 Å². The lowest BCUT2D eigenvalue weighted by atomic mass is 9.84. The Balaban J connectivity index is 2.90. The van der Waals surface area contributed by atoms with Crippen LogP contribution in [0.5, 0.6) is 5.75 Å². The molecule has 5 nitrogen and oxygen atoms in total. The summed E-state index contributed by atoms with van der Waals surface area (Å²) in [5.41, 5.74) is -0.101. The van der Waals surface area contributed by atoms with Gasteiger partial charge in [-0.2, -0.15) is 0 Å². The molecule has 1 atom stereocenters. The molecule has 0 fully saturated rings. The van der Waals surface area contributed by atoms with Gasteiger partial charge in [0.1, 0.15) is 5.75 Å². The molecule has 1 rings (SSSR count). The van der Waals surface area contributed by atoms with Crippen LogP contribution in [0.4, 0.5) is 0 Å². The standard InChI is InChI=1S/C14H18BrNO4/c1-14(2,3)11(7-12(18)19)16-13(20)8-4-5-9(15)10(17)6-8/h4-6,11,17H,7H2,1-3H3,(H,16,20)(H,18,19). The smallest absolute Gasteiger partial charge is 0.305 e. The normalized spacial score (nSPS) is 12.8. The third-order valence-electron chi connectivity index (χ3n) is 2.94. The number of amides is 1. The van der Waals surface area contributed by atoms with E-state index in [1.165, 1.54) is 6.07 Å². The Hall–Kier alpha value is -1.56. The predicted molar refractivity (Wildman–Crippen MR) is 78.8 cm³/mol. The van der Waals surface area contributed by atoms with Gasteiger partial charge in [0.15, 0.2) is 0 Å². The molecular formula is C14H18BrNO4. The summed E-state index contributed by atoms with van der Waals surface area (Å²) in [4.78, 5) is 23.0. The van der Waals surface area contributed by atoms with Crippen LogP contribution in [-0.4, -0.2) is 28.1 Å². The third-order valence-corrected chi connectivity index (χ3v) is 3.61. The lowest BCUT2D eigenvalue weighted by Gasteiger charge is -2.30. The molecule has 0 aliphatic rings. The highest BCUT2D eigenvalue weighted by molar-refractivity contribution is 9.10. The minimum atomic E-state index is -0.969. The zero-order valence-corrected chi connectivity index (χ0v) is 13.2. The molecule has 0 aliphatic carbocycles. The first-order valence-electron chi connectivity index (χ1n) is 6.12. The van der Waals surface area contributed by atoms with E-state index < -0.39 is 17.9 Å². The summed E-state index contributed by atoms with van der Waals surface area (Å²) in [6, 6.07) is 3.95. The minimum Gasteiger partial charge on any atom is -0.507 e. The molecule has 20 heavy (non-hydrogen) atoms. The quantitative estimate of drug-likeness (QED) is 0.784. The number of hydrogen-bond acceptors (Lipinski definition) is 3. The number of carbonyl (C=O) groups excluding carboxylic acids is 1. The first-order chi connectivity index (χ1) is 9.11. The molecule has 0 radical (unpaired) electrons. The van der Waals surface area contributed by atoms with Gasteiger partial charge < -0.3 is 15.5 Å². The van der Waals surface area contributed by atoms with Crippen molar-refractivity contribution in [1.82, 2.24) is 5.32 Å². The van der Waals surface area contributed by atoms with Gasteiger partial charge in [0.05, 0.1) is 10.9 Å². The maximum atomic E-state index is 12.1. The molecule has 0 aromatic heterocycles. The van der Waals surface area contributed by atoms with Crippen molar-refractivity contribution in [3.8, 4) is 5.75 Å². The monoisotopic (exact) mass is 343 g/mol. The fraction of sp³-hybridized carbons (Fsp3) is 0.429. The summed E-state index contributed by atoms with van der Waals surface area (Å²) in [5, 5.41) is 21.2. The van der Waals surface area contributed by atoms with Crippen molar-refractivity contribution in [3.05, 3.63) is 28.2 Å². The van der Waals surface area contributed by atoms with Gasteiger partial charge in [-0.1, -0.05) is 20.8 Å². The van der Waals surface area contributed by atoms with E-state index in [0.717, 1.165) is 0 Å². The summed E-state index contributed by atoms with van der Waals surface area (Å²) in [5.74, 6) is -1.42. The van der Waals surface area contributed by atoms with Gasteiger partial charge in [-0.3, -0.25) is 9.59 Å². The Morgan fingerprint density at radius 1 is 1.35 bits per heavy atom. The Bertz CT molecular complexity index is 522. The van der Waals surface area contributed by atoms with Crippen LogP contribution in [0.25, 0.3) is 0 Å².